The van der Waals surface area contributed by atoms with Crippen molar-refractivity contribution in [2.75, 3.05) is 0 Å². The second-order valence-corrected chi connectivity index (χ2v) is 10.8. The molecule has 1 aromatic rings. The summed E-state index contributed by atoms with van der Waals surface area (Å²) in [6, 6.07) is 4.47. The first kappa shape index (κ1) is 13.3. The number of hydrogen-bond acceptors (Lipinski definition) is 1. The number of alkyl halides is 1. The second-order valence-electron chi connectivity index (χ2n) is 7.23. The van der Waals surface area contributed by atoms with Crippen LogP contribution in [0.5, 0.6) is 0 Å². The van der Waals surface area contributed by atoms with Crippen molar-refractivity contribution in [3.63, 3.8) is 0 Å². The molecule has 1 heterocycles. The number of hydrogen-bond donors (Lipinski definition) is 0. The van der Waals surface area contributed by atoms with Gasteiger partial charge in [0.2, 0.25) is 0 Å². The van der Waals surface area contributed by atoms with Crippen LogP contribution in [0.3, 0.4) is 0 Å². The third-order valence-electron chi connectivity index (χ3n) is 5.68. The summed E-state index contributed by atoms with van der Waals surface area (Å²) < 4.78 is 1.26. The Hall–Kier alpha value is 0.660. The van der Waals surface area contributed by atoms with E-state index in [1.807, 2.05) is 11.3 Å². The SMILES string of the molecule is Brc1ccc(C(Br)CC23CC4CC(CC(C4)C2)C3)s1. The van der Waals surface area contributed by atoms with E-state index in [0.29, 0.717) is 10.2 Å². The van der Waals surface area contributed by atoms with E-state index in [2.05, 4.69) is 44.0 Å². The minimum absolute atomic E-state index is 0.569. The Kier molecular flexibility index (Phi) is 3.40. The molecule has 4 fully saturated rings. The van der Waals surface area contributed by atoms with Crippen LogP contribution in [0, 0.1) is 23.2 Å². The molecule has 4 bridgehead atoms. The lowest BCUT2D eigenvalue weighted by atomic mass is 9.48. The quantitative estimate of drug-likeness (QED) is 0.501. The molecule has 1 unspecified atom stereocenters. The molecule has 4 aliphatic rings. The molecule has 5 rings (SSSR count). The minimum atomic E-state index is 0.569. The third-order valence-corrected chi connectivity index (χ3v) is 8.54. The van der Waals surface area contributed by atoms with Crippen molar-refractivity contribution in [3.05, 3.63) is 20.8 Å². The molecule has 4 aliphatic carbocycles. The molecule has 104 valence electrons. The Morgan fingerprint density at radius 1 is 1.11 bits per heavy atom. The van der Waals surface area contributed by atoms with Crippen molar-refractivity contribution in [2.24, 2.45) is 23.2 Å². The smallest absolute Gasteiger partial charge is 0.0701 e. The minimum Gasteiger partial charge on any atom is -0.132 e. The summed E-state index contributed by atoms with van der Waals surface area (Å²) in [5.41, 5.74) is 0.680. The fourth-order valence-corrected chi connectivity index (χ4v) is 8.04. The zero-order valence-corrected chi connectivity index (χ0v) is 15.1. The van der Waals surface area contributed by atoms with Gasteiger partial charge in [-0.25, -0.2) is 0 Å². The standard InChI is InChI=1S/C16H20Br2S/c17-13(14-1-2-15(18)19-14)9-16-6-10-3-11(7-16)5-12(4-10)8-16/h1-2,10-13H,3-9H2. The predicted octanol–water partition coefficient (Wildman–Crippen LogP) is 6.55. The summed E-state index contributed by atoms with van der Waals surface area (Å²) in [4.78, 5) is 2.07. The van der Waals surface area contributed by atoms with Crippen LogP contribution >= 0.6 is 43.2 Å². The molecule has 0 amide bonds. The van der Waals surface area contributed by atoms with E-state index in [1.165, 1.54) is 34.3 Å². The highest BCUT2D eigenvalue weighted by molar-refractivity contribution is 9.11. The van der Waals surface area contributed by atoms with E-state index in [1.54, 1.807) is 19.3 Å². The fraction of sp³-hybridized carbons (Fsp3) is 0.750. The molecule has 0 aromatic carbocycles. The molecule has 0 radical (unpaired) electrons. The zero-order valence-electron chi connectivity index (χ0n) is 11.1. The Balaban J connectivity index is 1.53. The van der Waals surface area contributed by atoms with Crippen molar-refractivity contribution >= 4 is 43.2 Å². The van der Waals surface area contributed by atoms with Gasteiger partial charge in [0.05, 0.1) is 3.79 Å². The first-order valence-corrected chi connectivity index (χ1v) is 10.0. The van der Waals surface area contributed by atoms with Gasteiger partial charge in [-0.2, -0.15) is 0 Å². The van der Waals surface area contributed by atoms with Crippen LogP contribution in [0.15, 0.2) is 15.9 Å². The maximum absolute atomic E-state index is 3.98. The lowest BCUT2D eigenvalue weighted by molar-refractivity contribution is -0.0570. The average molecular weight is 404 g/mol. The second kappa shape index (κ2) is 4.84. The molecule has 1 aromatic heterocycles. The number of halogens is 2. The van der Waals surface area contributed by atoms with Crippen LogP contribution in [-0.2, 0) is 0 Å². The van der Waals surface area contributed by atoms with Crippen LogP contribution in [0.4, 0.5) is 0 Å². The van der Waals surface area contributed by atoms with E-state index in [9.17, 15) is 0 Å². The van der Waals surface area contributed by atoms with E-state index in [-0.39, 0.29) is 0 Å². The molecule has 0 N–H and O–H groups in total. The summed E-state index contributed by atoms with van der Waals surface area (Å²) in [6.07, 6.45) is 10.6. The normalized spacial score (nSPS) is 41.7. The summed E-state index contributed by atoms with van der Waals surface area (Å²) in [5.74, 6) is 3.21. The molecule has 0 spiro atoms. The Morgan fingerprint density at radius 3 is 2.16 bits per heavy atom. The molecular formula is C16H20Br2S. The zero-order chi connectivity index (χ0) is 13.0. The molecule has 1 atom stereocenters. The van der Waals surface area contributed by atoms with Crippen LogP contribution in [-0.4, -0.2) is 0 Å². The highest BCUT2D eigenvalue weighted by atomic mass is 79.9. The average Bonchev–Trinajstić information content (AvgIpc) is 2.73. The van der Waals surface area contributed by atoms with Gasteiger partial charge in [0.25, 0.3) is 0 Å². The lowest BCUT2D eigenvalue weighted by Gasteiger charge is -2.57. The van der Waals surface area contributed by atoms with Crippen molar-refractivity contribution in [1.82, 2.24) is 0 Å². The third kappa shape index (κ3) is 2.48. The monoisotopic (exact) mass is 402 g/mol. The molecule has 19 heavy (non-hydrogen) atoms. The van der Waals surface area contributed by atoms with Crippen LogP contribution in [0.2, 0.25) is 0 Å². The van der Waals surface area contributed by atoms with Crippen LogP contribution < -0.4 is 0 Å². The van der Waals surface area contributed by atoms with Gasteiger partial charge < -0.3 is 0 Å². The van der Waals surface area contributed by atoms with Crippen molar-refractivity contribution in [1.29, 1.82) is 0 Å². The van der Waals surface area contributed by atoms with Crippen LogP contribution in [0.1, 0.15) is 54.7 Å². The maximum Gasteiger partial charge on any atom is 0.0701 e. The fourth-order valence-electron chi connectivity index (χ4n) is 5.52. The van der Waals surface area contributed by atoms with Gasteiger partial charge in [-0.05, 0) is 96.2 Å². The summed E-state index contributed by atoms with van der Waals surface area (Å²) in [7, 11) is 0. The van der Waals surface area contributed by atoms with Gasteiger partial charge in [-0.3, -0.25) is 0 Å². The van der Waals surface area contributed by atoms with E-state index >= 15 is 0 Å². The molecule has 0 saturated heterocycles. The van der Waals surface area contributed by atoms with Crippen molar-refractivity contribution < 1.29 is 0 Å². The largest absolute Gasteiger partial charge is 0.132 e. The Labute approximate surface area is 136 Å². The van der Waals surface area contributed by atoms with E-state index in [4.69, 9.17) is 0 Å². The summed E-state index contributed by atoms with van der Waals surface area (Å²) in [5, 5.41) is 0. The van der Waals surface area contributed by atoms with Gasteiger partial charge >= 0.3 is 0 Å². The summed E-state index contributed by atoms with van der Waals surface area (Å²) >= 11 is 9.46. The Morgan fingerprint density at radius 2 is 1.68 bits per heavy atom. The predicted molar refractivity (Wildman–Crippen MR) is 88.9 cm³/mol. The van der Waals surface area contributed by atoms with Crippen molar-refractivity contribution in [2.45, 2.75) is 49.8 Å². The molecular weight excluding hydrogens is 384 g/mol. The topological polar surface area (TPSA) is 0 Å². The lowest BCUT2D eigenvalue weighted by Crippen LogP contribution is -2.46. The van der Waals surface area contributed by atoms with Gasteiger partial charge in [0.1, 0.15) is 0 Å². The molecule has 0 nitrogen and oxygen atoms in total. The molecule has 3 heteroatoms. The highest BCUT2D eigenvalue weighted by Gasteiger charge is 2.51. The molecule has 0 aliphatic heterocycles. The highest BCUT2D eigenvalue weighted by Crippen LogP contribution is 2.63. The number of thiophene rings is 1. The summed E-state index contributed by atoms with van der Waals surface area (Å²) in [6.45, 7) is 0. The van der Waals surface area contributed by atoms with Gasteiger partial charge in [0.15, 0.2) is 0 Å². The number of rotatable bonds is 3. The van der Waals surface area contributed by atoms with Crippen molar-refractivity contribution in [3.8, 4) is 0 Å². The Bertz CT molecular complexity index is 444. The van der Waals surface area contributed by atoms with Gasteiger partial charge in [-0.1, -0.05) is 15.9 Å². The maximum atomic E-state index is 3.98. The van der Waals surface area contributed by atoms with Gasteiger partial charge in [0, 0.05) is 9.70 Å². The van der Waals surface area contributed by atoms with E-state index in [0.717, 1.165) is 17.8 Å². The van der Waals surface area contributed by atoms with Gasteiger partial charge in [-0.15, -0.1) is 11.3 Å². The van der Waals surface area contributed by atoms with Crippen LogP contribution in [0.25, 0.3) is 0 Å². The molecule has 4 saturated carbocycles. The first-order chi connectivity index (χ1) is 9.12. The first-order valence-electron chi connectivity index (χ1n) is 7.51. The van der Waals surface area contributed by atoms with E-state index < -0.39 is 0 Å².